The maximum absolute atomic E-state index is 12.2. The van der Waals surface area contributed by atoms with Crippen molar-refractivity contribution in [2.75, 3.05) is 13.7 Å². The molecule has 1 N–H and O–H groups in total. The highest BCUT2D eigenvalue weighted by molar-refractivity contribution is 8.13. The van der Waals surface area contributed by atoms with Crippen molar-refractivity contribution >= 4 is 37.2 Å². The SMILES string of the molecule is COc1c(C(=O)NCC(C)(C)C)cc(Cl)cc1S(=O)(=O)Cl. The summed E-state index contributed by atoms with van der Waals surface area (Å²) in [6.07, 6.45) is 0. The first-order valence-electron chi connectivity index (χ1n) is 6.06. The summed E-state index contributed by atoms with van der Waals surface area (Å²) in [6, 6.07) is 2.48. The maximum Gasteiger partial charge on any atom is 0.265 e. The number of rotatable bonds is 4. The first-order chi connectivity index (χ1) is 9.45. The van der Waals surface area contributed by atoms with Crippen molar-refractivity contribution in [3.05, 3.63) is 22.7 Å². The van der Waals surface area contributed by atoms with Crippen molar-refractivity contribution in [3.63, 3.8) is 0 Å². The second-order valence-corrected chi connectivity index (χ2v) is 8.64. The van der Waals surface area contributed by atoms with Crippen LogP contribution < -0.4 is 10.1 Å². The number of hydrogen-bond donors (Lipinski definition) is 1. The van der Waals surface area contributed by atoms with Crippen LogP contribution in [-0.2, 0) is 9.05 Å². The second kappa shape index (κ2) is 6.42. The number of nitrogens with one attached hydrogen (secondary N) is 1. The molecule has 1 amide bonds. The number of halogens is 2. The van der Waals surface area contributed by atoms with Gasteiger partial charge in [0.1, 0.15) is 4.90 Å². The van der Waals surface area contributed by atoms with Crippen LogP contribution in [-0.4, -0.2) is 28.0 Å². The quantitative estimate of drug-likeness (QED) is 0.844. The van der Waals surface area contributed by atoms with Crippen molar-refractivity contribution < 1.29 is 17.9 Å². The third-order valence-corrected chi connectivity index (χ3v) is 4.06. The van der Waals surface area contributed by atoms with Gasteiger partial charge in [0.2, 0.25) is 0 Å². The molecule has 0 aliphatic carbocycles. The van der Waals surface area contributed by atoms with Gasteiger partial charge in [-0.25, -0.2) is 8.42 Å². The lowest BCUT2D eigenvalue weighted by Crippen LogP contribution is -2.32. The summed E-state index contributed by atoms with van der Waals surface area (Å²) in [5, 5.41) is 2.78. The smallest absolute Gasteiger partial charge is 0.265 e. The fourth-order valence-electron chi connectivity index (χ4n) is 1.57. The first-order valence-corrected chi connectivity index (χ1v) is 8.75. The fraction of sp³-hybridized carbons (Fsp3) is 0.462. The summed E-state index contributed by atoms with van der Waals surface area (Å²) in [5.74, 6) is -0.605. The van der Waals surface area contributed by atoms with Crippen LogP contribution in [0.1, 0.15) is 31.1 Å². The monoisotopic (exact) mass is 353 g/mol. The van der Waals surface area contributed by atoms with E-state index in [0.29, 0.717) is 6.54 Å². The molecule has 0 radical (unpaired) electrons. The number of hydrogen-bond acceptors (Lipinski definition) is 4. The zero-order valence-electron chi connectivity index (χ0n) is 12.2. The van der Waals surface area contributed by atoms with Gasteiger partial charge in [-0.3, -0.25) is 4.79 Å². The second-order valence-electron chi connectivity index (χ2n) is 5.67. The summed E-state index contributed by atoms with van der Waals surface area (Å²) >= 11 is 5.86. The molecule has 0 unspecified atom stereocenters. The molecule has 0 aliphatic heterocycles. The van der Waals surface area contributed by atoms with Gasteiger partial charge in [-0.15, -0.1) is 0 Å². The van der Waals surface area contributed by atoms with Crippen molar-refractivity contribution in [2.24, 2.45) is 5.41 Å². The summed E-state index contributed by atoms with van der Waals surface area (Å²) < 4.78 is 28.1. The van der Waals surface area contributed by atoms with Crippen LogP contribution in [0.4, 0.5) is 0 Å². The maximum atomic E-state index is 12.2. The Bertz CT molecular complexity index is 651. The summed E-state index contributed by atoms with van der Waals surface area (Å²) in [7, 11) is 2.52. The molecule has 0 heterocycles. The molecule has 0 aromatic heterocycles. The van der Waals surface area contributed by atoms with Crippen molar-refractivity contribution in [2.45, 2.75) is 25.7 Å². The fourth-order valence-corrected chi connectivity index (χ4v) is 2.88. The minimum absolute atomic E-state index is 0.0217. The number of carbonyl (C=O) groups excluding carboxylic acids is 1. The third-order valence-electron chi connectivity index (χ3n) is 2.51. The molecule has 0 saturated heterocycles. The molecule has 0 saturated carbocycles. The Hall–Kier alpha value is -0.980. The standard InChI is InChI=1S/C13H17Cl2NO4S/c1-13(2,3)7-16-12(17)9-5-8(14)6-10(11(9)20-4)21(15,18)19/h5-6H,7H2,1-4H3,(H,16,17). The van der Waals surface area contributed by atoms with E-state index < -0.39 is 15.0 Å². The Labute approximate surface area is 134 Å². The van der Waals surface area contributed by atoms with E-state index in [0.717, 1.165) is 6.07 Å². The van der Waals surface area contributed by atoms with Crippen LogP contribution >= 0.6 is 22.3 Å². The highest BCUT2D eigenvalue weighted by Crippen LogP contribution is 2.33. The van der Waals surface area contributed by atoms with E-state index >= 15 is 0 Å². The average molecular weight is 354 g/mol. The number of amides is 1. The van der Waals surface area contributed by atoms with Gasteiger partial charge in [-0.05, 0) is 17.5 Å². The molecular formula is C13H17Cl2NO4S. The molecule has 0 atom stereocenters. The normalized spacial score (nSPS) is 12.1. The lowest BCUT2D eigenvalue weighted by molar-refractivity contribution is 0.0936. The Morgan fingerprint density at radius 3 is 2.33 bits per heavy atom. The molecule has 118 valence electrons. The topological polar surface area (TPSA) is 72.5 Å². The summed E-state index contributed by atoms with van der Waals surface area (Å²) in [5.41, 5.74) is -0.100. The van der Waals surface area contributed by atoms with Crippen molar-refractivity contribution in [1.82, 2.24) is 5.32 Å². The predicted octanol–water partition coefficient (Wildman–Crippen LogP) is 3.05. The molecule has 21 heavy (non-hydrogen) atoms. The average Bonchev–Trinajstić information content (AvgIpc) is 2.32. The molecular weight excluding hydrogens is 337 g/mol. The van der Waals surface area contributed by atoms with E-state index in [-0.39, 0.29) is 26.6 Å². The molecule has 8 heteroatoms. The van der Waals surface area contributed by atoms with Gasteiger partial charge < -0.3 is 10.1 Å². The van der Waals surface area contributed by atoms with Gasteiger partial charge >= 0.3 is 0 Å². The van der Waals surface area contributed by atoms with E-state index in [1.54, 1.807) is 0 Å². The molecule has 0 bridgehead atoms. The van der Waals surface area contributed by atoms with Crippen LogP contribution in [0.15, 0.2) is 17.0 Å². The molecule has 5 nitrogen and oxygen atoms in total. The van der Waals surface area contributed by atoms with Gasteiger partial charge in [-0.2, -0.15) is 0 Å². The highest BCUT2D eigenvalue weighted by atomic mass is 35.7. The third kappa shape index (κ3) is 5.05. The Morgan fingerprint density at radius 2 is 1.90 bits per heavy atom. The molecule has 1 aromatic rings. The lowest BCUT2D eigenvalue weighted by atomic mass is 9.97. The summed E-state index contributed by atoms with van der Waals surface area (Å²) in [4.78, 5) is 11.9. The van der Waals surface area contributed by atoms with Gasteiger partial charge in [0, 0.05) is 22.2 Å². The minimum atomic E-state index is -4.08. The predicted molar refractivity (Wildman–Crippen MR) is 82.8 cm³/mol. The van der Waals surface area contributed by atoms with Gasteiger partial charge in [0.25, 0.3) is 15.0 Å². The van der Waals surface area contributed by atoms with Gasteiger partial charge in [0.15, 0.2) is 5.75 Å². The Morgan fingerprint density at radius 1 is 1.33 bits per heavy atom. The zero-order chi connectivity index (χ0) is 16.4. The van der Waals surface area contributed by atoms with Crippen LogP contribution in [0.5, 0.6) is 5.75 Å². The lowest BCUT2D eigenvalue weighted by Gasteiger charge is -2.19. The van der Waals surface area contributed by atoms with Gasteiger partial charge in [0.05, 0.1) is 12.7 Å². The van der Waals surface area contributed by atoms with E-state index in [9.17, 15) is 13.2 Å². The first kappa shape index (κ1) is 18.1. The number of carbonyl (C=O) groups is 1. The van der Waals surface area contributed by atoms with Crippen LogP contribution in [0, 0.1) is 5.41 Å². The Balaban J connectivity index is 3.30. The van der Waals surface area contributed by atoms with Crippen molar-refractivity contribution in [1.29, 1.82) is 0 Å². The Kier molecular flexibility index (Phi) is 5.52. The zero-order valence-corrected chi connectivity index (χ0v) is 14.5. The van der Waals surface area contributed by atoms with Crippen LogP contribution in [0.25, 0.3) is 0 Å². The van der Waals surface area contributed by atoms with E-state index in [1.165, 1.54) is 13.2 Å². The highest BCUT2D eigenvalue weighted by Gasteiger charge is 2.25. The minimum Gasteiger partial charge on any atom is -0.494 e. The van der Waals surface area contributed by atoms with Crippen LogP contribution in [0.3, 0.4) is 0 Å². The number of methoxy groups -OCH3 is 1. The van der Waals surface area contributed by atoms with Gasteiger partial charge in [-0.1, -0.05) is 32.4 Å². The molecule has 1 aromatic carbocycles. The summed E-state index contributed by atoms with van der Waals surface area (Å²) in [6.45, 7) is 6.27. The van der Waals surface area contributed by atoms with E-state index in [2.05, 4.69) is 5.32 Å². The van der Waals surface area contributed by atoms with Crippen LogP contribution in [0.2, 0.25) is 5.02 Å². The van der Waals surface area contributed by atoms with E-state index in [1.807, 2.05) is 20.8 Å². The molecule has 0 fully saturated rings. The molecule has 0 aliphatic rings. The van der Waals surface area contributed by atoms with E-state index in [4.69, 9.17) is 27.0 Å². The number of ether oxygens (including phenoxy) is 1. The molecule has 0 spiro atoms. The largest absolute Gasteiger partial charge is 0.494 e. The molecule has 1 rings (SSSR count). The van der Waals surface area contributed by atoms with Crippen molar-refractivity contribution in [3.8, 4) is 5.75 Å². The number of benzene rings is 1.